The van der Waals surface area contributed by atoms with Gasteiger partial charge in [-0.1, -0.05) is 0 Å². The molecule has 0 spiro atoms. The van der Waals surface area contributed by atoms with E-state index in [2.05, 4.69) is 25.8 Å². The van der Waals surface area contributed by atoms with Gasteiger partial charge in [0.05, 0.1) is 24.9 Å². The van der Waals surface area contributed by atoms with Crippen molar-refractivity contribution in [1.82, 2.24) is 25.8 Å². The van der Waals surface area contributed by atoms with E-state index in [1.54, 1.807) is 0 Å². The van der Waals surface area contributed by atoms with Crippen LogP contribution in [0, 0.1) is 0 Å². The van der Waals surface area contributed by atoms with Gasteiger partial charge >= 0.3 is 6.03 Å². The monoisotopic (exact) mass is 473 g/mol. The predicted octanol–water partition coefficient (Wildman–Crippen LogP) is 0.0420. The first kappa shape index (κ1) is 24.4. The molecule has 7 unspecified atom stereocenters. The lowest BCUT2D eigenvalue weighted by Crippen LogP contribution is -2.61. The number of aliphatic hydroxyl groups excluding tert-OH is 2. The molecule has 7 atom stereocenters. The fraction of sp³-hybridized carbons (Fsp3) is 0.955. The van der Waals surface area contributed by atoms with E-state index in [9.17, 15) is 15.0 Å². The Morgan fingerprint density at radius 3 is 2.53 bits per heavy atom. The van der Waals surface area contributed by atoms with Crippen molar-refractivity contribution in [2.24, 2.45) is 0 Å². The SMILES string of the molecule is O=C(NCC1OC(CO)C(O)C1N1CCN(C2CCCCN2)CC1)NC1CCCC(Cl)C1. The number of halogens is 1. The van der Waals surface area contributed by atoms with Gasteiger partial charge in [-0.3, -0.25) is 9.80 Å². The fourth-order valence-electron chi connectivity index (χ4n) is 5.78. The van der Waals surface area contributed by atoms with Gasteiger partial charge < -0.3 is 30.9 Å². The van der Waals surface area contributed by atoms with E-state index < -0.39 is 12.2 Å². The van der Waals surface area contributed by atoms with Crippen LogP contribution in [0.5, 0.6) is 0 Å². The zero-order valence-corrected chi connectivity index (χ0v) is 19.7. The summed E-state index contributed by atoms with van der Waals surface area (Å²) < 4.78 is 5.96. The average molecular weight is 474 g/mol. The minimum absolute atomic E-state index is 0.101. The van der Waals surface area contributed by atoms with Gasteiger partial charge in [0.2, 0.25) is 0 Å². The smallest absolute Gasteiger partial charge is 0.315 e. The predicted molar refractivity (Wildman–Crippen MR) is 123 cm³/mol. The summed E-state index contributed by atoms with van der Waals surface area (Å²) in [5, 5.41) is 30.2. The molecule has 4 fully saturated rings. The third kappa shape index (κ3) is 6.05. The van der Waals surface area contributed by atoms with Crippen LogP contribution in [0.2, 0.25) is 0 Å². The number of alkyl halides is 1. The highest BCUT2D eigenvalue weighted by Gasteiger charge is 2.47. The highest BCUT2D eigenvalue weighted by Crippen LogP contribution is 2.27. The van der Waals surface area contributed by atoms with Crippen molar-refractivity contribution in [2.45, 2.75) is 86.9 Å². The van der Waals surface area contributed by atoms with Crippen LogP contribution in [0.15, 0.2) is 0 Å². The van der Waals surface area contributed by atoms with Crippen molar-refractivity contribution in [1.29, 1.82) is 0 Å². The number of hydrogen-bond acceptors (Lipinski definition) is 7. The van der Waals surface area contributed by atoms with Gasteiger partial charge in [0.15, 0.2) is 0 Å². The van der Waals surface area contributed by atoms with Crippen molar-refractivity contribution < 1.29 is 19.7 Å². The molecule has 9 nitrogen and oxygen atoms in total. The average Bonchev–Trinajstić information content (AvgIpc) is 3.13. The number of nitrogens with zero attached hydrogens (tertiary/aromatic N) is 2. The van der Waals surface area contributed by atoms with Crippen LogP contribution in [-0.2, 0) is 4.74 Å². The highest BCUT2D eigenvalue weighted by atomic mass is 35.5. The number of hydrogen-bond donors (Lipinski definition) is 5. The molecule has 2 amide bonds. The Hall–Kier alpha value is -0.680. The highest BCUT2D eigenvalue weighted by molar-refractivity contribution is 6.20. The van der Waals surface area contributed by atoms with Gasteiger partial charge in [0.25, 0.3) is 0 Å². The van der Waals surface area contributed by atoms with Crippen LogP contribution in [-0.4, -0.2) is 114 Å². The number of nitrogens with one attached hydrogen (secondary N) is 3. The quantitative estimate of drug-likeness (QED) is 0.346. The van der Waals surface area contributed by atoms with Crippen molar-refractivity contribution in [3.05, 3.63) is 0 Å². The minimum Gasteiger partial charge on any atom is -0.394 e. The Balaban J connectivity index is 1.28. The van der Waals surface area contributed by atoms with E-state index in [-0.39, 0.29) is 36.2 Å². The fourth-order valence-corrected chi connectivity index (χ4v) is 6.15. The van der Waals surface area contributed by atoms with Crippen molar-refractivity contribution in [3.8, 4) is 0 Å². The Kier molecular flexibility index (Phi) is 8.89. The van der Waals surface area contributed by atoms with Crippen LogP contribution >= 0.6 is 11.6 Å². The number of urea groups is 1. The molecule has 184 valence electrons. The lowest BCUT2D eigenvalue weighted by Gasteiger charge is -2.44. The standard InChI is InChI=1S/C22H40ClN5O4/c23-15-4-3-5-16(12-15)26-22(31)25-13-17-20(21(30)18(14-29)32-17)28-10-8-27(9-11-28)19-6-1-2-7-24-19/h15-21,24,29-30H,1-14H2,(H2,25,26,31). The van der Waals surface area contributed by atoms with Crippen LogP contribution in [0.1, 0.15) is 44.9 Å². The summed E-state index contributed by atoms with van der Waals surface area (Å²) in [7, 11) is 0. The molecule has 32 heavy (non-hydrogen) atoms. The zero-order valence-electron chi connectivity index (χ0n) is 18.9. The molecule has 3 heterocycles. The Labute approximate surface area is 196 Å². The molecule has 0 radical (unpaired) electrons. The van der Waals surface area contributed by atoms with Crippen LogP contribution in [0.4, 0.5) is 4.79 Å². The van der Waals surface area contributed by atoms with Crippen LogP contribution in [0.25, 0.3) is 0 Å². The molecule has 1 saturated carbocycles. The molecule has 1 aliphatic carbocycles. The van der Waals surface area contributed by atoms with Gasteiger partial charge in [0.1, 0.15) is 12.2 Å². The second-order valence-electron chi connectivity index (χ2n) is 9.73. The first-order chi connectivity index (χ1) is 15.5. The molecule has 0 aromatic carbocycles. The molecule has 0 aromatic rings. The lowest BCUT2D eigenvalue weighted by atomic mass is 9.95. The van der Waals surface area contributed by atoms with E-state index >= 15 is 0 Å². The lowest BCUT2D eigenvalue weighted by molar-refractivity contribution is -0.0206. The van der Waals surface area contributed by atoms with Gasteiger partial charge in [-0.15, -0.1) is 11.6 Å². The Bertz CT molecular complexity index is 603. The van der Waals surface area contributed by atoms with Crippen molar-refractivity contribution in [2.75, 3.05) is 45.9 Å². The first-order valence-electron chi connectivity index (χ1n) is 12.4. The molecular weight excluding hydrogens is 434 g/mol. The van der Waals surface area contributed by atoms with E-state index in [1.165, 1.54) is 19.3 Å². The third-order valence-corrected chi connectivity index (χ3v) is 7.94. The number of piperazine rings is 1. The number of carbonyl (C=O) groups is 1. The van der Waals surface area contributed by atoms with Gasteiger partial charge in [-0.25, -0.2) is 4.79 Å². The molecule has 0 aromatic heterocycles. The molecule has 5 N–H and O–H groups in total. The maximum absolute atomic E-state index is 12.4. The second kappa shape index (κ2) is 11.6. The summed E-state index contributed by atoms with van der Waals surface area (Å²) in [6.45, 7) is 4.70. The summed E-state index contributed by atoms with van der Waals surface area (Å²) in [5.41, 5.74) is 0. The van der Waals surface area contributed by atoms with E-state index in [1.807, 2.05) is 0 Å². The van der Waals surface area contributed by atoms with Crippen LogP contribution in [0.3, 0.4) is 0 Å². The van der Waals surface area contributed by atoms with Crippen molar-refractivity contribution >= 4 is 17.6 Å². The zero-order chi connectivity index (χ0) is 22.5. The first-order valence-corrected chi connectivity index (χ1v) is 12.8. The van der Waals surface area contributed by atoms with Crippen molar-refractivity contribution in [3.63, 3.8) is 0 Å². The van der Waals surface area contributed by atoms with Gasteiger partial charge in [-0.2, -0.15) is 0 Å². The number of carbonyl (C=O) groups excluding carboxylic acids is 1. The van der Waals surface area contributed by atoms with E-state index in [0.29, 0.717) is 12.7 Å². The number of piperidine rings is 1. The summed E-state index contributed by atoms with van der Waals surface area (Å²) in [6, 6.07) is -0.363. The molecule has 0 bridgehead atoms. The van der Waals surface area contributed by atoms with Crippen LogP contribution < -0.4 is 16.0 Å². The molecule has 4 aliphatic rings. The minimum atomic E-state index is -0.774. The maximum Gasteiger partial charge on any atom is 0.315 e. The summed E-state index contributed by atoms with van der Waals surface area (Å²) in [4.78, 5) is 17.2. The van der Waals surface area contributed by atoms with Gasteiger partial charge in [0, 0.05) is 44.1 Å². The van der Waals surface area contributed by atoms with Gasteiger partial charge in [-0.05, 0) is 51.5 Å². The summed E-state index contributed by atoms with van der Waals surface area (Å²) in [5.74, 6) is 0. The molecule has 10 heteroatoms. The molecule has 4 rings (SSSR count). The number of amides is 2. The number of ether oxygens (including phenoxy) is 1. The largest absolute Gasteiger partial charge is 0.394 e. The summed E-state index contributed by atoms with van der Waals surface area (Å²) in [6.07, 6.45) is 6.18. The molecular formula is C22H40ClN5O4. The topological polar surface area (TPSA) is 109 Å². The Morgan fingerprint density at radius 1 is 1.06 bits per heavy atom. The second-order valence-corrected chi connectivity index (χ2v) is 10.3. The van der Waals surface area contributed by atoms with E-state index in [4.69, 9.17) is 16.3 Å². The number of aliphatic hydroxyl groups is 2. The number of rotatable bonds is 6. The summed E-state index contributed by atoms with van der Waals surface area (Å²) >= 11 is 6.23. The molecule has 3 saturated heterocycles. The third-order valence-electron chi connectivity index (χ3n) is 7.55. The normalized spacial score (nSPS) is 39.7. The molecule has 3 aliphatic heterocycles. The van der Waals surface area contributed by atoms with E-state index in [0.717, 1.165) is 58.4 Å². The Morgan fingerprint density at radius 2 is 1.84 bits per heavy atom. The maximum atomic E-state index is 12.4.